The Morgan fingerprint density at radius 1 is 1.16 bits per heavy atom. The molecule has 19 heavy (non-hydrogen) atoms. The van der Waals surface area contributed by atoms with E-state index < -0.39 is 5.41 Å². The molecule has 1 aromatic rings. The Morgan fingerprint density at radius 2 is 1.79 bits per heavy atom. The van der Waals surface area contributed by atoms with Gasteiger partial charge >= 0.3 is 0 Å². The summed E-state index contributed by atoms with van der Waals surface area (Å²) in [5.41, 5.74) is 0.110. The first kappa shape index (κ1) is 15.2. The normalized spacial score (nSPS) is 11.0. The number of methoxy groups -OCH3 is 1. The topological polar surface area (TPSA) is 52.6 Å². The molecule has 4 nitrogen and oxygen atoms in total. The van der Waals surface area contributed by atoms with Crippen molar-refractivity contribution < 1.29 is 19.1 Å². The molecule has 0 saturated carbocycles. The third kappa shape index (κ3) is 4.09. The first-order valence-electron chi connectivity index (χ1n) is 6.11. The molecule has 104 valence electrons. The van der Waals surface area contributed by atoms with Gasteiger partial charge in [-0.1, -0.05) is 20.8 Å². The van der Waals surface area contributed by atoms with E-state index in [1.807, 2.05) is 20.8 Å². The number of hydrogen-bond donors (Lipinski definition) is 0. The zero-order valence-electron chi connectivity index (χ0n) is 12.1. The van der Waals surface area contributed by atoms with Gasteiger partial charge in [-0.25, -0.2) is 0 Å². The van der Waals surface area contributed by atoms with Crippen molar-refractivity contribution in [1.82, 2.24) is 0 Å². The van der Waals surface area contributed by atoms with Gasteiger partial charge in [-0.05, 0) is 25.1 Å². The first-order chi connectivity index (χ1) is 8.75. The molecule has 1 aromatic carbocycles. The molecule has 0 aliphatic rings. The molecule has 0 heterocycles. The molecule has 0 aliphatic heterocycles. The van der Waals surface area contributed by atoms with E-state index in [-0.39, 0.29) is 18.2 Å². The van der Waals surface area contributed by atoms with Gasteiger partial charge in [0.25, 0.3) is 0 Å². The molecule has 0 fully saturated rings. The Balaban J connectivity index is 2.85. The molecular weight excluding hydrogens is 244 g/mol. The van der Waals surface area contributed by atoms with Gasteiger partial charge in [0, 0.05) is 11.0 Å². The molecule has 0 aliphatic carbocycles. The molecule has 0 radical (unpaired) electrons. The summed E-state index contributed by atoms with van der Waals surface area (Å²) >= 11 is 0. The van der Waals surface area contributed by atoms with E-state index in [1.165, 1.54) is 14.0 Å². The minimum atomic E-state index is -0.438. The predicted molar refractivity (Wildman–Crippen MR) is 73.0 cm³/mol. The first-order valence-corrected chi connectivity index (χ1v) is 6.11. The standard InChI is InChI=1S/C15H20O4/c1-10(16)11-6-7-12(13(8-11)18-5)19-9-14(17)15(2,3)4/h6-8H,9H2,1-5H3. The lowest BCUT2D eigenvalue weighted by Crippen LogP contribution is -2.26. The largest absolute Gasteiger partial charge is 0.493 e. The van der Waals surface area contributed by atoms with Crippen molar-refractivity contribution in [3.8, 4) is 11.5 Å². The van der Waals surface area contributed by atoms with Crippen molar-refractivity contribution in [2.24, 2.45) is 5.41 Å². The molecule has 4 heteroatoms. The lowest BCUT2D eigenvalue weighted by Gasteiger charge is -2.17. The molecular formula is C15H20O4. The summed E-state index contributed by atoms with van der Waals surface area (Å²) < 4.78 is 10.6. The second-order valence-electron chi connectivity index (χ2n) is 5.38. The number of carbonyl (C=O) groups is 2. The van der Waals surface area contributed by atoms with Crippen molar-refractivity contribution in [3.05, 3.63) is 23.8 Å². The molecule has 0 bridgehead atoms. The number of ether oxygens (including phenoxy) is 2. The quantitative estimate of drug-likeness (QED) is 0.767. The molecule has 0 saturated heterocycles. The van der Waals surface area contributed by atoms with Crippen LogP contribution in [-0.2, 0) is 4.79 Å². The fourth-order valence-corrected chi connectivity index (χ4v) is 1.37. The molecule has 0 N–H and O–H groups in total. The van der Waals surface area contributed by atoms with E-state index in [4.69, 9.17) is 9.47 Å². The minimum absolute atomic E-state index is 0.00481. The molecule has 1 rings (SSSR count). The van der Waals surface area contributed by atoms with E-state index in [2.05, 4.69) is 0 Å². The Labute approximate surface area is 113 Å². The average molecular weight is 264 g/mol. The highest BCUT2D eigenvalue weighted by Gasteiger charge is 2.22. The maximum Gasteiger partial charge on any atom is 0.175 e. The zero-order chi connectivity index (χ0) is 14.6. The van der Waals surface area contributed by atoms with Crippen molar-refractivity contribution >= 4 is 11.6 Å². The Kier molecular flexibility index (Phi) is 4.70. The smallest absolute Gasteiger partial charge is 0.175 e. The third-order valence-corrected chi connectivity index (χ3v) is 2.77. The fraction of sp³-hybridized carbons (Fsp3) is 0.467. The monoisotopic (exact) mass is 264 g/mol. The van der Waals surface area contributed by atoms with Crippen LogP contribution >= 0.6 is 0 Å². The zero-order valence-corrected chi connectivity index (χ0v) is 12.1. The van der Waals surface area contributed by atoms with Gasteiger partial charge in [0.1, 0.15) is 6.61 Å². The number of rotatable bonds is 5. The van der Waals surface area contributed by atoms with Gasteiger partial charge in [0.2, 0.25) is 0 Å². The predicted octanol–water partition coefficient (Wildman–Crippen LogP) is 2.89. The summed E-state index contributed by atoms with van der Waals surface area (Å²) in [6.45, 7) is 7.00. The van der Waals surface area contributed by atoms with Gasteiger partial charge in [-0.2, -0.15) is 0 Å². The highest BCUT2D eigenvalue weighted by atomic mass is 16.5. The van der Waals surface area contributed by atoms with Crippen LogP contribution in [0.3, 0.4) is 0 Å². The van der Waals surface area contributed by atoms with E-state index in [9.17, 15) is 9.59 Å². The van der Waals surface area contributed by atoms with Crippen LogP contribution in [0.5, 0.6) is 11.5 Å². The van der Waals surface area contributed by atoms with Gasteiger partial charge in [-0.15, -0.1) is 0 Å². The van der Waals surface area contributed by atoms with Crippen LogP contribution in [0, 0.1) is 5.41 Å². The van der Waals surface area contributed by atoms with Crippen molar-refractivity contribution in [2.75, 3.05) is 13.7 Å². The van der Waals surface area contributed by atoms with Crippen LogP contribution in [0.4, 0.5) is 0 Å². The number of benzene rings is 1. The third-order valence-electron chi connectivity index (χ3n) is 2.77. The van der Waals surface area contributed by atoms with Crippen LogP contribution < -0.4 is 9.47 Å². The Hall–Kier alpha value is -1.84. The summed E-state index contributed by atoms with van der Waals surface area (Å²) in [6.07, 6.45) is 0. The molecule has 0 amide bonds. The van der Waals surface area contributed by atoms with Crippen LogP contribution in [-0.4, -0.2) is 25.3 Å². The van der Waals surface area contributed by atoms with E-state index in [0.29, 0.717) is 17.1 Å². The second kappa shape index (κ2) is 5.87. The molecule has 0 spiro atoms. The highest BCUT2D eigenvalue weighted by molar-refractivity contribution is 5.94. The maximum absolute atomic E-state index is 11.8. The summed E-state index contributed by atoms with van der Waals surface area (Å²) in [5, 5.41) is 0. The van der Waals surface area contributed by atoms with Crippen LogP contribution in [0.1, 0.15) is 38.1 Å². The second-order valence-corrected chi connectivity index (χ2v) is 5.38. The molecule has 0 atom stereocenters. The van der Waals surface area contributed by atoms with E-state index >= 15 is 0 Å². The lowest BCUT2D eigenvalue weighted by atomic mass is 9.91. The van der Waals surface area contributed by atoms with E-state index in [0.717, 1.165) is 0 Å². The van der Waals surface area contributed by atoms with Gasteiger partial charge in [0.15, 0.2) is 23.1 Å². The maximum atomic E-state index is 11.8. The highest BCUT2D eigenvalue weighted by Crippen LogP contribution is 2.28. The van der Waals surface area contributed by atoms with Gasteiger partial charge < -0.3 is 9.47 Å². The van der Waals surface area contributed by atoms with Crippen molar-refractivity contribution in [2.45, 2.75) is 27.7 Å². The average Bonchev–Trinajstić information content (AvgIpc) is 2.34. The minimum Gasteiger partial charge on any atom is -0.493 e. The Bertz CT molecular complexity index is 483. The van der Waals surface area contributed by atoms with Crippen LogP contribution in [0.2, 0.25) is 0 Å². The van der Waals surface area contributed by atoms with Crippen LogP contribution in [0.25, 0.3) is 0 Å². The number of Topliss-reactive ketones (excluding diaryl/α,β-unsaturated/α-hetero) is 2. The summed E-state index contributed by atoms with van der Waals surface area (Å²) in [5.74, 6) is 0.875. The van der Waals surface area contributed by atoms with Gasteiger partial charge in [-0.3, -0.25) is 9.59 Å². The van der Waals surface area contributed by atoms with Crippen molar-refractivity contribution in [3.63, 3.8) is 0 Å². The summed E-state index contributed by atoms with van der Waals surface area (Å²) in [4.78, 5) is 23.1. The summed E-state index contributed by atoms with van der Waals surface area (Å²) in [7, 11) is 1.50. The Morgan fingerprint density at radius 3 is 2.26 bits per heavy atom. The summed E-state index contributed by atoms with van der Waals surface area (Å²) in [6, 6.07) is 4.91. The SMILES string of the molecule is COc1cc(C(C)=O)ccc1OCC(=O)C(C)(C)C. The van der Waals surface area contributed by atoms with Gasteiger partial charge in [0.05, 0.1) is 7.11 Å². The van der Waals surface area contributed by atoms with E-state index in [1.54, 1.807) is 18.2 Å². The number of hydrogen-bond acceptors (Lipinski definition) is 4. The van der Waals surface area contributed by atoms with Crippen molar-refractivity contribution in [1.29, 1.82) is 0 Å². The van der Waals surface area contributed by atoms with Crippen LogP contribution in [0.15, 0.2) is 18.2 Å². The molecule has 0 aromatic heterocycles. The lowest BCUT2D eigenvalue weighted by molar-refractivity contribution is -0.128. The number of ketones is 2. The fourth-order valence-electron chi connectivity index (χ4n) is 1.37. The number of carbonyl (C=O) groups excluding carboxylic acids is 2. The molecule has 0 unspecified atom stereocenters.